The number of ether oxygens (including phenoxy) is 1. The number of likely N-dealkylation sites (N-methyl/N-ethyl adjacent to an activating group) is 1. The molecule has 126 heavy (non-hydrogen) atoms. The number of amides is 3. The molecule has 6 saturated heterocycles. The van der Waals surface area contributed by atoms with E-state index in [1.54, 1.807) is 46.4 Å². The number of fused-ring (bicyclic) bond motifs is 13. The van der Waals surface area contributed by atoms with Crippen LogP contribution in [0, 0.1) is 27.6 Å². The van der Waals surface area contributed by atoms with Crippen molar-refractivity contribution in [3.8, 4) is 5.75 Å². The van der Waals surface area contributed by atoms with Crippen molar-refractivity contribution < 1.29 is 34.1 Å². The highest BCUT2D eigenvalue weighted by molar-refractivity contribution is 7.17. The molecule has 0 radical (unpaired) electrons. The first-order valence-electron chi connectivity index (χ1n) is 49.4. The summed E-state index contributed by atoms with van der Waals surface area (Å²) in [5, 5.41) is 24.8. The number of thiophene rings is 1. The fourth-order valence-electron chi connectivity index (χ4n) is 25.8. The molecule has 2 N–H and O–H groups in total. The lowest BCUT2D eigenvalue weighted by Gasteiger charge is -2.63. The third kappa shape index (κ3) is 20.2. The molecule has 11 aliphatic rings. The van der Waals surface area contributed by atoms with Crippen LogP contribution in [-0.4, -0.2) is 220 Å². The van der Waals surface area contributed by atoms with Gasteiger partial charge in [0.2, 0.25) is 11.8 Å². The van der Waals surface area contributed by atoms with Gasteiger partial charge in [-0.15, -0.1) is 11.3 Å². The SMILES string of the molecule is CCC(C)(C)CN1CCC2(CC)c3cc(O)ccc3CC1C2(C)C.CCN(C(=O)Cc1cccc2sccc12)C1CCCCC1N1CCCC1.CCOC(=O)N1CCN(C(=O)Cc2ccc(Cl)c(Cl)c2)C(CN2CCCC2)C1.CCc1ccc2c(c1)C1(CC)CCN(CC(C)(C)O)C(C2)C1(C)C.CCc1ccc2c(c1)C1(CC)CCN(CC3CC3)C(C2=O)C1(C)C. The fourth-order valence-corrected chi connectivity index (χ4v) is 27.0. The molecule has 9 unspecified atom stereocenters. The molecule has 15 nitrogen and oxygen atoms in total. The van der Waals surface area contributed by atoms with Gasteiger partial charge in [0.1, 0.15) is 5.75 Å². The summed E-state index contributed by atoms with van der Waals surface area (Å²) in [5.74, 6) is 1.99. The molecular formula is C108H158Cl2N8O7S. The van der Waals surface area contributed by atoms with Gasteiger partial charge in [0.15, 0.2) is 5.78 Å². The van der Waals surface area contributed by atoms with Crippen LogP contribution in [-0.2, 0) is 69.1 Å². The Labute approximate surface area is 773 Å². The number of ketones is 1. The van der Waals surface area contributed by atoms with Crippen molar-refractivity contribution in [3.05, 3.63) is 168 Å². The monoisotopic (exact) mass is 1780 g/mol. The Morgan fingerprint density at radius 1 is 0.579 bits per heavy atom. The molecule has 692 valence electrons. The van der Waals surface area contributed by atoms with Gasteiger partial charge in [0.25, 0.3) is 0 Å². The van der Waals surface area contributed by atoms with E-state index in [0.29, 0.717) is 89.7 Å². The molecule has 5 aromatic carbocycles. The normalized spacial score (nSPS) is 26.8. The molecular weight excluding hydrogens is 1620 g/mol. The number of halogens is 2. The van der Waals surface area contributed by atoms with E-state index in [2.05, 4.69) is 211 Å². The summed E-state index contributed by atoms with van der Waals surface area (Å²) in [4.78, 5) is 70.7. The molecule has 17 rings (SSSR count). The maximum atomic E-state index is 13.5. The van der Waals surface area contributed by atoms with Gasteiger partial charge >= 0.3 is 6.09 Å². The highest BCUT2D eigenvalue weighted by atomic mass is 35.5. The molecule has 18 heteroatoms. The largest absolute Gasteiger partial charge is 0.508 e. The highest BCUT2D eigenvalue weighted by Gasteiger charge is 2.63. The number of β-amino-alcohol motifs (C(OH)–C–C–N with tert-alkyl or cyclic N) is 1. The number of Topliss-reactive ketones (excluding diaryl/α,β-unsaturated/α-hetero) is 1. The first kappa shape index (κ1) is 97.6. The minimum Gasteiger partial charge on any atom is -0.508 e. The Morgan fingerprint density at radius 2 is 1.16 bits per heavy atom. The summed E-state index contributed by atoms with van der Waals surface area (Å²) in [6.45, 7) is 55.5. The number of phenolic OH excluding ortho intramolecular Hbond substituents is 1. The number of carbonyl (C=O) groups is 4. The number of hydrogen-bond donors (Lipinski definition) is 2. The zero-order chi connectivity index (χ0) is 90.6. The van der Waals surface area contributed by atoms with E-state index in [4.69, 9.17) is 27.9 Å². The van der Waals surface area contributed by atoms with E-state index < -0.39 is 5.60 Å². The van der Waals surface area contributed by atoms with Gasteiger partial charge < -0.3 is 34.5 Å². The van der Waals surface area contributed by atoms with Gasteiger partial charge in [-0.2, -0.15) is 0 Å². The van der Waals surface area contributed by atoms with Crippen LogP contribution in [0.5, 0.6) is 5.75 Å². The molecule has 6 aliphatic heterocycles. The first-order valence-corrected chi connectivity index (χ1v) is 51.1. The molecule has 9 atom stereocenters. The third-order valence-corrected chi connectivity index (χ3v) is 35.3. The van der Waals surface area contributed by atoms with Crippen LogP contribution in [0.25, 0.3) is 10.1 Å². The lowest BCUT2D eigenvalue weighted by atomic mass is 9.48. The number of piperidine rings is 3. The number of aliphatic hydroxyl groups is 1. The second-order valence-corrected chi connectivity index (χ2v) is 44.4. The summed E-state index contributed by atoms with van der Waals surface area (Å²) >= 11 is 13.8. The molecule has 7 heterocycles. The minimum absolute atomic E-state index is 0.00530. The maximum Gasteiger partial charge on any atom is 0.409 e. The smallest absolute Gasteiger partial charge is 0.409 e. The molecule has 3 amide bonds. The van der Waals surface area contributed by atoms with Gasteiger partial charge in [0, 0.05) is 103 Å². The van der Waals surface area contributed by atoms with E-state index in [9.17, 15) is 29.4 Å². The quantitative estimate of drug-likeness (QED) is 0.0668. The number of phenols is 1. The Kier molecular flexibility index (Phi) is 31.5. The van der Waals surface area contributed by atoms with Crippen LogP contribution in [0.3, 0.4) is 0 Å². The van der Waals surface area contributed by atoms with Crippen LogP contribution in [0.2, 0.25) is 10.0 Å². The zero-order valence-corrected chi connectivity index (χ0v) is 82.9. The maximum absolute atomic E-state index is 13.5. The summed E-state index contributed by atoms with van der Waals surface area (Å²) in [6.07, 6.45) is 25.9. The van der Waals surface area contributed by atoms with Crippen molar-refractivity contribution in [2.45, 2.75) is 330 Å². The number of rotatable bonds is 22. The van der Waals surface area contributed by atoms with E-state index in [1.165, 1.54) is 166 Å². The van der Waals surface area contributed by atoms with Crippen LogP contribution >= 0.6 is 34.5 Å². The van der Waals surface area contributed by atoms with Crippen molar-refractivity contribution >= 4 is 68.3 Å². The number of aryl methyl sites for hydroxylation is 2. The predicted octanol–water partition coefficient (Wildman–Crippen LogP) is 22.1. The van der Waals surface area contributed by atoms with E-state index >= 15 is 0 Å². The standard InChI is InChI=1S/C22H30N2OS.C22H31NO.2C22H35NO.C20H27Cl2N3O3/c1-2-24(20-10-4-3-9-19(20)23-13-5-6-14-23)22(25)16-17-8-7-11-21-18(17)12-15-26-21;1-5-15-9-10-17-18(13-15)22(6-2)11-12-23(14-16-7-8-16)20(19(17)24)21(22,3)4;1-7-20(3,4)15-23-12-11-22(8-2)18-14-17(24)10-9-16(18)13-19(23)21(22,5)6;1-7-16-9-10-17-14-19-21(5,6)22(8-2,18(17)13-16)11-12-23(19)15-20(3,4)24;1-2-28-20(27)24-9-10-25(16(14-24)13-23-7-3-4-8-23)19(26)12-15-5-6-17(21)18(22)11-15/h7-8,11-12,15,19-20H,2-6,9-10,13-14,16H2,1H3;9-10,13,16,20H,5-8,11-12,14H2,1-4H3;9-10,14,19,24H,7-8,11-13,15H2,1-6H3;9-10,13,19,24H,7-8,11-12,14-15H2,1-6H3;5-6,11,16H,2-4,7-10,12-14H2,1H3. The van der Waals surface area contributed by atoms with Crippen molar-refractivity contribution in [1.29, 1.82) is 0 Å². The lowest BCUT2D eigenvalue weighted by molar-refractivity contribution is -0.136. The molecule has 6 bridgehead atoms. The predicted molar refractivity (Wildman–Crippen MR) is 521 cm³/mol. The van der Waals surface area contributed by atoms with Crippen LogP contribution < -0.4 is 0 Å². The fraction of sp³-hybridized carbons (Fsp3) is 0.667. The molecule has 6 aromatic rings. The van der Waals surface area contributed by atoms with E-state index in [1.807, 2.05) is 30.9 Å². The lowest BCUT2D eigenvalue weighted by Crippen LogP contribution is -2.67. The number of likely N-dealkylation sites (tertiary alicyclic amines) is 5. The van der Waals surface area contributed by atoms with Crippen LogP contribution in [0.1, 0.15) is 294 Å². The number of piperazine rings is 1. The van der Waals surface area contributed by atoms with Crippen molar-refractivity contribution in [1.82, 2.24) is 39.2 Å². The second kappa shape index (κ2) is 40.7. The second-order valence-electron chi connectivity index (χ2n) is 42.6. The molecule has 2 saturated carbocycles. The summed E-state index contributed by atoms with van der Waals surface area (Å²) < 4.78 is 6.44. The van der Waals surface area contributed by atoms with Crippen molar-refractivity contribution in [3.63, 3.8) is 0 Å². The summed E-state index contributed by atoms with van der Waals surface area (Å²) in [7, 11) is 0. The highest BCUT2D eigenvalue weighted by Crippen LogP contribution is 2.62. The van der Waals surface area contributed by atoms with E-state index in [-0.39, 0.29) is 63.0 Å². The average molecular weight is 1780 g/mol. The molecule has 0 spiro atoms. The summed E-state index contributed by atoms with van der Waals surface area (Å²) in [6, 6.07) is 35.9. The molecule has 1 aromatic heterocycles. The van der Waals surface area contributed by atoms with Crippen molar-refractivity contribution in [2.75, 3.05) is 105 Å². The molecule has 5 aliphatic carbocycles. The number of aromatic hydroxyl groups is 1. The van der Waals surface area contributed by atoms with Gasteiger partial charge in [-0.25, -0.2) is 4.79 Å². The molecule has 8 fully saturated rings. The van der Waals surface area contributed by atoms with Gasteiger partial charge in [-0.1, -0.05) is 194 Å². The van der Waals surface area contributed by atoms with Crippen LogP contribution in [0.15, 0.2) is 102 Å². The minimum atomic E-state index is -0.630. The topological polar surface area (TPSA) is 144 Å². The van der Waals surface area contributed by atoms with E-state index in [0.717, 1.165) is 108 Å². The van der Waals surface area contributed by atoms with Crippen molar-refractivity contribution in [2.24, 2.45) is 27.6 Å². The Balaban J connectivity index is 0.000000135. The number of benzene rings is 5. The van der Waals surface area contributed by atoms with Gasteiger partial charge in [0.05, 0.1) is 47.2 Å². The average Bonchev–Trinajstić information content (AvgIpc) is 0.741. The Morgan fingerprint density at radius 3 is 1.75 bits per heavy atom. The first-order chi connectivity index (χ1) is 60.0. The zero-order valence-electron chi connectivity index (χ0n) is 80.6. The number of carbonyl (C=O) groups excluding carboxylic acids is 4. The Hall–Kier alpha value is -5.92. The number of hydrogen-bond acceptors (Lipinski definition) is 13. The number of nitrogens with zero attached hydrogens (tertiary/aromatic N) is 8. The van der Waals surface area contributed by atoms with Gasteiger partial charge in [-0.3, -0.25) is 34.0 Å². The van der Waals surface area contributed by atoms with Gasteiger partial charge in [-0.05, 0) is 320 Å². The Bertz CT molecular complexity index is 4730. The third-order valence-electron chi connectivity index (χ3n) is 33.6. The van der Waals surface area contributed by atoms with Crippen LogP contribution in [0.4, 0.5) is 4.79 Å². The summed E-state index contributed by atoms with van der Waals surface area (Å²) in [5.41, 5.74) is 14.1.